The van der Waals surface area contributed by atoms with Crippen LogP contribution in [0, 0.1) is 17.8 Å². The summed E-state index contributed by atoms with van der Waals surface area (Å²) in [5, 5.41) is 0. The second-order valence-corrected chi connectivity index (χ2v) is 17.6. The topological polar surface area (TPSA) is 78.9 Å². The first-order valence-electron chi connectivity index (χ1n) is 23.6. The third-order valence-electron chi connectivity index (χ3n) is 11.0. The van der Waals surface area contributed by atoms with Crippen molar-refractivity contribution < 1.29 is 28.6 Å². The number of carbonyl (C=O) groups is 3. The van der Waals surface area contributed by atoms with Crippen LogP contribution in [0.5, 0.6) is 0 Å². The Morgan fingerprint density at radius 1 is 0.370 bits per heavy atom. The average Bonchev–Trinajstić information content (AvgIpc) is 3.14. The molecule has 0 rings (SSSR count). The van der Waals surface area contributed by atoms with Crippen LogP contribution >= 0.6 is 0 Å². The lowest BCUT2D eigenvalue weighted by Crippen LogP contribution is -2.30. The lowest BCUT2D eigenvalue weighted by molar-refractivity contribution is -0.167. The normalized spacial score (nSPS) is 12.7. The van der Waals surface area contributed by atoms with Crippen LogP contribution in [0.3, 0.4) is 0 Å². The summed E-state index contributed by atoms with van der Waals surface area (Å²) < 4.78 is 16.7. The zero-order valence-corrected chi connectivity index (χ0v) is 37.0. The molecular weight excluding hydrogens is 673 g/mol. The number of rotatable bonds is 41. The van der Waals surface area contributed by atoms with Gasteiger partial charge in [0.1, 0.15) is 13.2 Å². The smallest absolute Gasteiger partial charge is 0.306 e. The molecule has 0 aliphatic heterocycles. The molecule has 0 aromatic carbocycles. The van der Waals surface area contributed by atoms with E-state index in [-0.39, 0.29) is 31.1 Å². The van der Waals surface area contributed by atoms with Crippen molar-refractivity contribution in [2.45, 2.75) is 260 Å². The summed E-state index contributed by atoms with van der Waals surface area (Å²) in [6, 6.07) is 0. The lowest BCUT2D eigenvalue weighted by atomic mass is 9.99. The molecular formula is C48H92O6. The SMILES string of the molecule is CCC(C)CCCCCCCCCCC(=O)O[C@H](COC(=O)CCCCCCCCCCCCCCC(C)C)COC(=O)CCCCCCCCC(C)C. The van der Waals surface area contributed by atoms with Crippen molar-refractivity contribution in [1.82, 2.24) is 0 Å². The third kappa shape index (κ3) is 40.1. The van der Waals surface area contributed by atoms with Crippen molar-refractivity contribution in [2.24, 2.45) is 17.8 Å². The molecule has 0 fully saturated rings. The molecule has 1 unspecified atom stereocenters. The van der Waals surface area contributed by atoms with Crippen molar-refractivity contribution >= 4 is 17.9 Å². The lowest BCUT2D eigenvalue weighted by Gasteiger charge is -2.18. The van der Waals surface area contributed by atoms with E-state index in [1.807, 2.05) is 0 Å². The number of hydrogen-bond donors (Lipinski definition) is 0. The molecule has 0 saturated heterocycles. The summed E-state index contributed by atoms with van der Waals surface area (Å²) in [4.78, 5) is 37.7. The molecule has 6 nitrogen and oxygen atoms in total. The Kier molecular flexibility index (Phi) is 38.5. The first-order valence-corrected chi connectivity index (χ1v) is 23.6. The van der Waals surface area contributed by atoms with Crippen LogP contribution in [0.1, 0.15) is 253 Å². The van der Waals surface area contributed by atoms with Gasteiger partial charge in [-0.3, -0.25) is 14.4 Å². The summed E-state index contributed by atoms with van der Waals surface area (Å²) >= 11 is 0. The van der Waals surface area contributed by atoms with Gasteiger partial charge in [-0.2, -0.15) is 0 Å². The van der Waals surface area contributed by atoms with Gasteiger partial charge in [0.2, 0.25) is 0 Å². The summed E-state index contributed by atoms with van der Waals surface area (Å²) in [5.74, 6) is 1.58. The van der Waals surface area contributed by atoms with Gasteiger partial charge in [-0.1, -0.05) is 215 Å². The van der Waals surface area contributed by atoms with Gasteiger partial charge in [0.15, 0.2) is 6.10 Å². The van der Waals surface area contributed by atoms with E-state index in [4.69, 9.17) is 14.2 Å². The first-order chi connectivity index (χ1) is 26.1. The summed E-state index contributed by atoms with van der Waals surface area (Å²) in [5.41, 5.74) is 0. The van der Waals surface area contributed by atoms with Crippen LogP contribution in [0.4, 0.5) is 0 Å². The molecule has 0 N–H and O–H groups in total. The number of ether oxygens (including phenoxy) is 3. The Balaban J connectivity index is 4.31. The quantitative estimate of drug-likeness (QED) is 0.0350. The number of hydrogen-bond acceptors (Lipinski definition) is 6. The summed E-state index contributed by atoms with van der Waals surface area (Å²) in [6.07, 6.45) is 36.7. The van der Waals surface area contributed by atoms with Crippen molar-refractivity contribution in [3.8, 4) is 0 Å². The fraction of sp³-hybridized carbons (Fsp3) is 0.938. The number of esters is 3. The first kappa shape index (κ1) is 52.4. The van der Waals surface area contributed by atoms with Gasteiger partial charge in [-0.05, 0) is 37.0 Å². The maximum absolute atomic E-state index is 12.7. The average molecular weight is 765 g/mol. The van der Waals surface area contributed by atoms with Gasteiger partial charge >= 0.3 is 17.9 Å². The highest BCUT2D eigenvalue weighted by molar-refractivity contribution is 5.71. The number of carbonyl (C=O) groups excluding carboxylic acids is 3. The van der Waals surface area contributed by atoms with E-state index in [1.54, 1.807) is 0 Å². The Hall–Kier alpha value is -1.59. The minimum atomic E-state index is -0.762. The molecule has 0 bridgehead atoms. The molecule has 0 saturated carbocycles. The molecule has 2 atom stereocenters. The van der Waals surface area contributed by atoms with Gasteiger partial charge in [0, 0.05) is 19.3 Å². The second-order valence-electron chi connectivity index (χ2n) is 17.6. The molecule has 0 radical (unpaired) electrons. The van der Waals surface area contributed by atoms with E-state index in [0.717, 1.165) is 75.5 Å². The standard InChI is InChI=1S/C48H92O6/c1-7-44(6)36-30-24-17-14-15-19-27-33-39-48(51)54-45(41-53-47(50)38-32-26-21-20-23-29-35-43(4)5)40-52-46(49)37-31-25-18-13-11-9-8-10-12-16-22-28-34-42(2)3/h42-45H,7-41H2,1-6H3/t44?,45-/m1/s1. The van der Waals surface area contributed by atoms with E-state index in [0.29, 0.717) is 19.3 Å². The monoisotopic (exact) mass is 765 g/mol. The highest BCUT2D eigenvalue weighted by Gasteiger charge is 2.19. The molecule has 320 valence electrons. The van der Waals surface area contributed by atoms with Gasteiger partial charge in [-0.25, -0.2) is 0 Å². The third-order valence-corrected chi connectivity index (χ3v) is 11.0. The molecule has 0 aromatic heterocycles. The van der Waals surface area contributed by atoms with E-state index in [1.165, 1.54) is 135 Å². The fourth-order valence-electron chi connectivity index (χ4n) is 7.02. The summed E-state index contributed by atoms with van der Waals surface area (Å²) in [7, 11) is 0. The Bertz CT molecular complexity index is 839. The minimum Gasteiger partial charge on any atom is -0.462 e. The van der Waals surface area contributed by atoms with E-state index in [2.05, 4.69) is 41.5 Å². The largest absolute Gasteiger partial charge is 0.462 e. The number of unbranched alkanes of at least 4 members (excludes halogenated alkanes) is 23. The molecule has 0 aromatic rings. The predicted molar refractivity (Wildman–Crippen MR) is 229 cm³/mol. The van der Waals surface area contributed by atoms with Crippen molar-refractivity contribution in [1.29, 1.82) is 0 Å². The Labute approximate surface area is 336 Å². The Morgan fingerprint density at radius 3 is 0.963 bits per heavy atom. The highest BCUT2D eigenvalue weighted by atomic mass is 16.6. The molecule has 0 amide bonds. The van der Waals surface area contributed by atoms with Crippen LogP contribution in [0.15, 0.2) is 0 Å². The predicted octanol–water partition coefficient (Wildman–Crippen LogP) is 14.8. The zero-order chi connectivity index (χ0) is 39.9. The zero-order valence-electron chi connectivity index (χ0n) is 37.0. The molecule has 0 spiro atoms. The van der Waals surface area contributed by atoms with Crippen molar-refractivity contribution in [3.05, 3.63) is 0 Å². The second kappa shape index (κ2) is 39.6. The van der Waals surface area contributed by atoms with Crippen molar-refractivity contribution in [2.75, 3.05) is 13.2 Å². The summed E-state index contributed by atoms with van der Waals surface area (Å²) in [6.45, 7) is 13.6. The minimum absolute atomic E-state index is 0.0665. The molecule has 54 heavy (non-hydrogen) atoms. The van der Waals surface area contributed by atoms with Gasteiger partial charge in [-0.15, -0.1) is 0 Å². The van der Waals surface area contributed by atoms with E-state index >= 15 is 0 Å². The van der Waals surface area contributed by atoms with Gasteiger partial charge in [0.25, 0.3) is 0 Å². The Morgan fingerprint density at radius 2 is 0.648 bits per heavy atom. The van der Waals surface area contributed by atoms with E-state index < -0.39 is 6.10 Å². The maximum Gasteiger partial charge on any atom is 0.306 e. The van der Waals surface area contributed by atoms with Crippen LogP contribution < -0.4 is 0 Å². The van der Waals surface area contributed by atoms with Crippen LogP contribution in [-0.2, 0) is 28.6 Å². The van der Waals surface area contributed by atoms with Crippen LogP contribution in [0.25, 0.3) is 0 Å². The maximum atomic E-state index is 12.7. The fourth-order valence-corrected chi connectivity index (χ4v) is 7.02. The van der Waals surface area contributed by atoms with Crippen molar-refractivity contribution in [3.63, 3.8) is 0 Å². The van der Waals surface area contributed by atoms with Crippen LogP contribution in [-0.4, -0.2) is 37.2 Å². The molecule has 6 heteroatoms. The van der Waals surface area contributed by atoms with E-state index in [9.17, 15) is 14.4 Å². The molecule has 0 heterocycles. The highest BCUT2D eigenvalue weighted by Crippen LogP contribution is 2.17. The van der Waals surface area contributed by atoms with Gasteiger partial charge in [0.05, 0.1) is 0 Å². The molecule has 0 aliphatic carbocycles. The van der Waals surface area contributed by atoms with Crippen LogP contribution in [0.2, 0.25) is 0 Å². The molecule has 0 aliphatic rings. The van der Waals surface area contributed by atoms with Gasteiger partial charge < -0.3 is 14.2 Å².